The van der Waals surface area contributed by atoms with E-state index in [1.165, 1.54) is 18.2 Å². The minimum Gasteiger partial charge on any atom is -0.347 e. The van der Waals surface area contributed by atoms with Gasteiger partial charge in [0.15, 0.2) is 11.3 Å². The maximum Gasteiger partial charge on any atom is 0.178 e. The Hall–Kier alpha value is -0.580. The van der Waals surface area contributed by atoms with Crippen molar-refractivity contribution in [2.24, 2.45) is 0 Å². The molecular weight excluding hydrogens is 263 g/mol. The van der Waals surface area contributed by atoms with Gasteiger partial charge < -0.3 is 9.47 Å². The summed E-state index contributed by atoms with van der Waals surface area (Å²) in [6, 6.07) is 9.61. The zero-order valence-electron chi connectivity index (χ0n) is 10.9. The summed E-state index contributed by atoms with van der Waals surface area (Å²) < 4.78 is 26.0. The van der Waals surface area contributed by atoms with E-state index in [1.807, 2.05) is 30.3 Å². The van der Waals surface area contributed by atoms with Gasteiger partial charge >= 0.3 is 0 Å². The Kier molecular flexibility index (Phi) is 4.10. The lowest BCUT2D eigenvalue weighted by Crippen LogP contribution is -2.34. The number of hydrogen-bond donors (Lipinski definition) is 0. The monoisotopic (exact) mass is 282 g/mol. The lowest BCUT2D eigenvalue weighted by Gasteiger charge is -2.32. The Morgan fingerprint density at radius 2 is 1.89 bits per heavy atom. The Labute approximate surface area is 117 Å². The maximum atomic E-state index is 14.3. The van der Waals surface area contributed by atoms with Crippen LogP contribution in [0.5, 0.6) is 0 Å². The second kappa shape index (κ2) is 5.81. The highest BCUT2D eigenvalue weighted by Crippen LogP contribution is 2.41. The molecule has 4 heteroatoms. The molecule has 3 rings (SSSR count). The Morgan fingerprint density at radius 3 is 2.63 bits per heavy atom. The van der Waals surface area contributed by atoms with Crippen molar-refractivity contribution in [2.45, 2.75) is 54.4 Å². The van der Waals surface area contributed by atoms with Crippen molar-refractivity contribution in [3.8, 4) is 0 Å². The molecule has 1 saturated heterocycles. The molecule has 104 valence electrons. The van der Waals surface area contributed by atoms with E-state index < -0.39 is 17.4 Å². The van der Waals surface area contributed by atoms with Crippen molar-refractivity contribution in [3.63, 3.8) is 0 Å². The van der Waals surface area contributed by atoms with E-state index in [0.29, 0.717) is 6.61 Å². The predicted octanol–water partition coefficient (Wildman–Crippen LogP) is 4.15. The summed E-state index contributed by atoms with van der Waals surface area (Å²) in [5, 5.41) is 0. The van der Waals surface area contributed by atoms with Gasteiger partial charge in [-0.1, -0.05) is 36.4 Å². The molecule has 0 radical (unpaired) electrons. The fourth-order valence-electron chi connectivity index (χ4n) is 2.76. The average molecular weight is 282 g/mol. The average Bonchev–Trinajstić information content (AvgIpc) is 2.85. The molecule has 1 aromatic carbocycles. The van der Waals surface area contributed by atoms with Crippen LogP contribution < -0.4 is 0 Å². The SMILES string of the molecule is F[C@@H](Sc1ccccc1)[C@@H]1COC2(CCCCC2)O1. The van der Waals surface area contributed by atoms with Gasteiger partial charge in [-0.15, -0.1) is 0 Å². The van der Waals surface area contributed by atoms with Crippen molar-refractivity contribution >= 4 is 11.8 Å². The molecule has 2 atom stereocenters. The molecule has 0 N–H and O–H groups in total. The van der Waals surface area contributed by atoms with Gasteiger partial charge in [0.05, 0.1) is 6.61 Å². The highest BCUT2D eigenvalue weighted by atomic mass is 32.2. The van der Waals surface area contributed by atoms with Crippen LogP contribution in [0.1, 0.15) is 32.1 Å². The largest absolute Gasteiger partial charge is 0.347 e. The highest BCUT2D eigenvalue weighted by Gasteiger charge is 2.45. The first-order valence-electron chi connectivity index (χ1n) is 6.95. The molecule has 1 spiro atoms. The van der Waals surface area contributed by atoms with E-state index in [0.717, 1.165) is 30.6 Å². The van der Waals surface area contributed by atoms with Crippen LogP contribution >= 0.6 is 11.8 Å². The molecule has 2 fully saturated rings. The Morgan fingerprint density at radius 1 is 1.16 bits per heavy atom. The fourth-order valence-corrected chi connectivity index (χ4v) is 3.62. The summed E-state index contributed by atoms with van der Waals surface area (Å²) in [5.41, 5.74) is -1.07. The summed E-state index contributed by atoms with van der Waals surface area (Å²) in [5.74, 6) is -0.482. The number of ether oxygens (including phenoxy) is 2. The van der Waals surface area contributed by atoms with Crippen molar-refractivity contribution in [2.75, 3.05) is 6.61 Å². The smallest absolute Gasteiger partial charge is 0.178 e. The van der Waals surface area contributed by atoms with E-state index in [1.54, 1.807) is 0 Å². The van der Waals surface area contributed by atoms with E-state index in [2.05, 4.69) is 0 Å². The van der Waals surface area contributed by atoms with E-state index in [-0.39, 0.29) is 0 Å². The number of alkyl halides is 1. The molecule has 1 aliphatic heterocycles. The molecule has 0 aromatic heterocycles. The quantitative estimate of drug-likeness (QED) is 0.776. The third-order valence-corrected chi connectivity index (χ3v) is 4.85. The van der Waals surface area contributed by atoms with Crippen molar-refractivity contribution in [1.82, 2.24) is 0 Å². The third-order valence-electron chi connectivity index (χ3n) is 3.78. The molecule has 0 amide bonds. The van der Waals surface area contributed by atoms with Crippen LogP contribution in [0.25, 0.3) is 0 Å². The molecule has 1 heterocycles. The van der Waals surface area contributed by atoms with Gasteiger partial charge in [-0.3, -0.25) is 0 Å². The second-order valence-corrected chi connectivity index (χ2v) is 6.38. The molecule has 1 aromatic rings. The molecular formula is C15H19FO2S. The zero-order valence-corrected chi connectivity index (χ0v) is 11.7. The molecule has 2 aliphatic rings. The lowest BCUT2D eigenvalue weighted by atomic mass is 9.94. The van der Waals surface area contributed by atoms with Gasteiger partial charge in [-0.2, -0.15) is 0 Å². The maximum absolute atomic E-state index is 14.3. The number of halogens is 1. The van der Waals surface area contributed by atoms with Crippen LogP contribution in [-0.4, -0.2) is 24.0 Å². The molecule has 0 bridgehead atoms. The molecule has 0 unspecified atom stereocenters. The standard InChI is InChI=1S/C15H19FO2S/c16-14(19-12-7-3-1-4-8-12)13-11-17-15(18-13)9-5-2-6-10-15/h1,3-4,7-8,13-14H,2,5-6,9-11H2/t13-,14-/m0/s1. The first-order valence-corrected chi connectivity index (χ1v) is 7.83. The second-order valence-electron chi connectivity index (χ2n) is 5.22. The van der Waals surface area contributed by atoms with Crippen LogP contribution in [0, 0.1) is 0 Å². The number of rotatable bonds is 3. The molecule has 2 nitrogen and oxygen atoms in total. The molecule has 1 aliphatic carbocycles. The lowest BCUT2D eigenvalue weighted by molar-refractivity contribution is -0.189. The minimum absolute atomic E-state index is 0.376. The first kappa shape index (κ1) is 13.4. The van der Waals surface area contributed by atoms with Crippen LogP contribution in [0.4, 0.5) is 4.39 Å². The number of benzene rings is 1. The Bertz CT molecular complexity index is 406. The first-order chi connectivity index (χ1) is 9.27. The van der Waals surface area contributed by atoms with E-state index in [9.17, 15) is 4.39 Å². The van der Waals surface area contributed by atoms with Crippen molar-refractivity contribution < 1.29 is 13.9 Å². The predicted molar refractivity (Wildman–Crippen MR) is 73.8 cm³/mol. The van der Waals surface area contributed by atoms with Crippen molar-refractivity contribution in [1.29, 1.82) is 0 Å². The zero-order chi connectivity index (χ0) is 13.1. The van der Waals surface area contributed by atoms with Gasteiger partial charge in [0.2, 0.25) is 0 Å². The third kappa shape index (κ3) is 3.12. The van der Waals surface area contributed by atoms with Crippen LogP contribution in [0.15, 0.2) is 35.2 Å². The van der Waals surface area contributed by atoms with Crippen LogP contribution in [0.3, 0.4) is 0 Å². The molecule has 19 heavy (non-hydrogen) atoms. The van der Waals surface area contributed by atoms with Gasteiger partial charge in [0.1, 0.15) is 6.10 Å². The fraction of sp³-hybridized carbons (Fsp3) is 0.600. The summed E-state index contributed by atoms with van der Waals surface area (Å²) in [4.78, 5) is 0.934. The number of thioether (sulfide) groups is 1. The highest BCUT2D eigenvalue weighted by molar-refractivity contribution is 7.99. The van der Waals surface area contributed by atoms with Crippen LogP contribution in [0.2, 0.25) is 0 Å². The summed E-state index contributed by atoms with van der Waals surface area (Å²) in [7, 11) is 0. The summed E-state index contributed by atoms with van der Waals surface area (Å²) in [6.07, 6.45) is 4.85. The van der Waals surface area contributed by atoms with Crippen LogP contribution in [-0.2, 0) is 9.47 Å². The van der Waals surface area contributed by atoms with Gasteiger partial charge in [-0.05, 0) is 25.0 Å². The summed E-state index contributed by atoms with van der Waals surface area (Å²) >= 11 is 1.22. The van der Waals surface area contributed by atoms with Gasteiger partial charge in [0.25, 0.3) is 0 Å². The molecule has 1 saturated carbocycles. The minimum atomic E-state index is -1.07. The summed E-state index contributed by atoms with van der Waals surface area (Å²) in [6.45, 7) is 0.376. The van der Waals surface area contributed by atoms with Gasteiger partial charge in [-0.25, -0.2) is 4.39 Å². The van der Waals surface area contributed by atoms with Crippen molar-refractivity contribution in [3.05, 3.63) is 30.3 Å². The van der Waals surface area contributed by atoms with Gasteiger partial charge in [0, 0.05) is 17.7 Å². The number of hydrogen-bond acceptors (Lipinski definition) is 3. The van der Waals surface area contributed by atoms with E-state index >= 15 is 0 Å². The van der Waals surface area contributed by atoms with E-state index in [4.69, 9.17) is 9.47 Å². The topological polar surface area (TPSA) is 18.5 Å². The Balaban J connectivity index is 1.58. The normalized spacial score (nSPS) is 27.5.